The third-order valence-corrected chi connectivity index (χ3v) is 5.72. The van der Waals surface area contributed by atoms with Crippen LogP contribution in [0.25, 0.3) is 0 Å². The number of nitrogens with one attached hydrogen (secondary N) is 1. The molecule has 0 amide bonds. The lowest BCUT2D eigenvalue weighted by Crippen LogP contribution is -2.22. The van der Waals surface area contributed by atoms with Gasteiger partial charge in [-0.2, -0.15) is 0 Å². The third kappa shape index (κ3) is 3.38. The van der Waals surface area contributed by atoms with Crippen LogP contribution in [-0.4, -0.2) is 18.5 Å². The molecule has 0 radical (unpaired) electrons. The summed E-state index contributed by atoms with van der Waals surface area (Å²) in [5.41, 5.74) is 1.63. The topological polar surface area (TPSA) is 79.3 Å². The molecule has 0 saturated carbocycles. The van der Waals surface area contributed by atoms with Crippen molar-refractivity contribution in [3.63, 3.8) is 0 Å². The van der Waals surface area contributed by atoms with E-state index in [4.69, 9.17) is 5.11 Å². The van der Waals surface area contributed by atoms with E-state index in [1.165, 1.54) is 0 Å². The molecule has 0 saturated heterocycles. The third-order valence-electron chi connectivity index (χ3n) is 2.62. The first-order valence-corrected chi connectivity index (χ1v) is 7.91. The van der Waals surface area contributed by atoms with Crippen LogP contribution in [0.15, 0.2) is 34.8 Å². The van der Waals surface area contributed by atoms with Gasteiger partial charge >= 0.3 is 0 Å². The molecule has 2 aromatic rings. The summed E-state index contributed by atoms with van der Waals surface area (Å²) in [5.74, 6) is 0. The Labute approximate surface area is 116 Å². The number of pyridine rings is 1. The van der Waals surface area contributed by atoms with Crippen LogP contribution in [0.1, 0.15) is 16.0 Å². The van der Waals surface area contributed by atoms with Crippen molar-refractivity contribution in [2.45, 2.75) is 24.3 Å². The highest BCUT2D eigenvalue weighted by Crippen LogP contribution is 2.25. The molecule has 0 spiro atoms. The maximum absolute atomic E-state index is 12.1. The van der Waals surface area contributed by atoms with Gasteiger partial charge in [0.2, 0.25) is 10.0 Å². The fraction of sp³-hybridized carbons (Fsp3) is 0.250. The number of sulfonamides is 1. The Kier molecular flexibility index (Phi) is 4.31. The van der Waals surface area contributed by atoms with Crippen molar-refractivity contribution in [1.29, 1.82) is 0 Å². The number of aliphatic hydroxyl groups is 1. The van der Waals surface area contributed by atoms with E-state index in [2.05, 4.69) is 9.71 Å². The Morgan fingerprint density at radius 2 is 2.05 bits per heavy atom. The van der Waals surface area contributed by atoms with E-state index in [9.17, 15) is 8.42 Å². The zero-order valence-electron chi connectivity index (χ0n) is 10.3. The number of aryl methyl sites for hydroxylation is 1. The lowest BCUT2D eigenvalue weighted by molar-refractivity contribution is 0.285. The molecule has 5 nitrogen and oxygen atoms in total. The van der Waals surface area contributed by atoms with Crippen molar-refractivity contribution < 1.29 is 13.5 Å². The van der Waals surface area contributed by atoms with Gasteiger partial charge in [-0.3, -0.25) is 4.98 Å². The second-order valence-corrected chi connectivity index (χ2v) is 7.14. The van der Waals surface area contributed by atoms with Gasteiger partial charge in [0, 0.05) is 23.8 Å². The monoisotopic (exact) mass is 298 g/mol. The van der Waals surface area contributed by atoms with Crippen molar-refractivity contribution in [1.82, 2.24) is 9.71 Å². The number of aromatic nitrogens is 1. The van der Waals surface area contributed by atoms with Crippen molar-refractivity contribution in [2.24, 2.45) is 0 Å². The standard InChI is InChI=1S/C12H14N2O3S2/c1-9-6-12(18-11(9)8-15)19(16,17)14-7-10-2-4-13-5-3-10/h2-6,14-15H,7-8H2,1H3. The quantitative estimate of drug-likeness (QED) is 0.875. The van der Waals surface area contributed by atoms with E-state index in [0.29, 0.717) is 4.88 Å². The van der Waals surface area contributed by atoms with Crippen molar-refractivity contribution in [3.8, 4) is 0 Å². The molecule has 19 heavy (non-hydrogen) atoms. The summed E-state index contributed by atoms with van der Waals surface area (Å²) in [4.78, 5) is 4.54. The van der Waals surface area contributed by atoms with E-state index in [0.717, 1.165) is 22.5 Å². The highest BCUT2D eigenvalue weighted by molar-refractivity contribution is 7.91. The van der Waals surface area contributed by atoms with Gasteiger partial charge in [0.25, 0.3) is 0 Å². The lowest BCUT2D eigenvalue weighted by Gasteiger charge is -2.04. The smallest absolute Gasteiger partial charge is 0.250 e. The van der Waals surface area contributed by atoms with E-state index in [1.54, 1.807) is 37.5 Å². The summed E-state index contributed by atoms with van der Waals surface area (Å²) >= 11 is 1.09. The second-order valence-electron chi connectivity index (χ2n) is 4.01. The maximum atomic E-state index is 12.1. The molecule has 0 bridgehead atoms. The molecule has 0 atom stereocenters. The summed E-state index contributed by atoms with van der Waals surface area (Å²) in [5, 5.41) is 9.09. The Morgan fingerprint density at radius 3 is 2.63 bits per heavy atom. The zero-order chi connectivity index (χ0) is 13.9. The minimum Gasteiger partial charge on any atom is -0.391 e. The zero-order valence-corrected chi connectivity index (χ0v) is 12.0. The first-order valence-electron chi connectivity index (χ1n) is 5.61. The van der Waals surface area contributed by atoms with Gasteiger partial charge in [-0.15, -0.1) is 11.3 Å². The molecule has 0 aliphatic carbocycles. The van der Waals surface area contributed by atoms with E-state index in [-0.39, 0.29) is 17.4 Å². The number of aliphatic hydroxyl groups excluding tert-OH is 1. The molecule has 2 rings (SSSR count). The number of nitrogens with zero attached hydrogens (tertiary/aromatic N) is 1. The summed E-state index contributed by atoms with van der Waals surface area (Å²) in [6.45, 7) is 1.86. The van der Waals surface area contributed by atoms with Crippen LogP contribution in [0.5, 0.6) is 0 Å². The van der Waals surface area contributed by atoms with Crippen molar-refractivity contribution >= 4 is 21.4 Å². The van der Waals surface area contributed by atoms with Crippen LogP contribution in [0, 0.1) is 6.92 Å². The van der Waals surface area contributed by atoms with Gasteiger partial charge in [-0.25, -0.2) is 13.1 Å². The number of rotatable bonds is 5. The van der Waals surface area contributed by atoms with Gasteiger partial charge in [-0.1, -0.05) is 0 Å². The second kappa shape index (κ2) is 5.79. The van der Waals surface area contributed by atoms with Crippen molar-refractivity contribution in [3.05, 3.63) is 46.6 Å². The SMILES string of the molecule is Cc1cc(S(=O)(=O)NCc2ccncc2)sc1CO. The summed E-state index contributed by atoms with van der Waals surface area (Å²) in [6.07, 6.45) is 3.23. The minimum absolute atomic E-state index is 0.142. The first-order chi connectivity index (χ1) is 9.03. The van der Waals surface area contributed by atoms with Crippen LogP contribution < -0.4 is 4.72 Å². The van der Waals surface area contributed by atoms with Gasteiger partial charge in [0.15, 0.2) is 0 Å². The van der Waals surface area contributed by atoms with Crippen LogP contribution in [0.4, 0.5) is 0 Å². The normalized spacial score (nSPS) is 11.7. The molecule has 0 unspecified atom stereocenters. The Morgan fingerprint density at radius 1 is 1.37 bits per heavy atom. The summed E-state index contributed by atoms with van der Waals surface area (Å²) in [6, 6.07) is 5.08. The van der Waals surface area contributed by atoms with Crippen LogP contribution >= 0.6 is 11.3 Å². The van der Waals surface area contributed by atoms with Gasteiger partial charge in [0.05, 0.1) is 6.61 Å². The molecule has 0 aromatic carbocycles. The summed E-state index contributed by atoms with van der Waals surface area (Å²) in [7, 11) is -3.53. The van der Waals surface area contributed by atoms with E-state index >= 15 is 0 Å². The number of thiophene rings is 1. The number of hydrogen-bond acceptors (Lipinski definition) is 5. The average molecular weight is 298 g/mol. The average Bonchev–Trinajstić information content (AvgIpc) is 2.80. The Bertz CT molecular complexity index is 651. The number of hydrogen-bond donors (Lipinski definition) is 2. The maximum Gasteiger partial charge on any atom is 0.250 e. The lowest BCUT2D eigenvalue weighted by atomic mass is 10.3. The Hall–Kier alpha value is -1.28. The molecule has 0 aliphatic heterocycles. The van der Waals surface area contributed by atoms with Crippen LogP contribution in [-0.2, 0) is 23.2 Å². The molecule has 0 fully saturated rings. The van der Waals surface area contributed by atoms with Crippen LogP contribution in [0.2, 0.25) is 0 Å². The van der Waals surface area contributed by atoms with Crippen LogP contribution in [0.3, 0.4) is 0 Å². The van der Waals surface area contributed by atoms with Gasteiger partial charge in [0.1, 0.15) is 4.21 Å². The summed E-state index contributed by atoms with van der Waals surface area (Å²) < 4.78 is 26.9. The fourth-order valence-corrected chi connectivity index (χ4v) is 4.04. The van der Waals surface area contributed by atoms with Crippen molar-refractivity contribution in [2.75, 3.05) is 0 Å². The highest BCUT2D eigenvalue weighted by Gasteiger charge is 2.18. The first kappa shape index (κ1) is 14.1. The fourth-order valence-electron chi connectivity index (χ4n) is 1.53. The predicted molar refractivity (Wildman–Crippen MR) is 73.2 cm³/mol. The largest absolute Gasteiger partial charge is 0.391 e. The molecule has 2 heterocycles. The Balaban J connectivity index is 2.14. The molecule has 0 aliphatic rings. The molecule has 7 heteroatoms. The highest BCUT2D eigenvalue weighted by atomic mass is 32.2. The molecule has 2 N–H and O–H groups in total. The van der Waals surface area contributed by atoms with Gasteiger partial charge in [-0.05, 0) is 36.2 Å². The molecule has 102 valence electrons. The predicted octanol–water partition coefficient (Wildman–Crippen LogP) is 1.42. The molecular weight excluding hydrogens is 284 g/mol. The molecular formula is C12H14N2O3S2. The van der Waals surface area contributed by atoms with E-state index < -0.39 is 10.0 Å². The van der Waals surface area contributed by atoms with E-state index in [1.807, 2.05) is 0 Å². The minimum atomic E-state index is -3.53. The molecule has 2 aromatic heterocycles. The van der Waals surface area contributed by atoms with Gasteiger partial charge < -0.3 is 5.11 Å².